The summed E-state index contributed by atoms with van der Waals surface area (Å²) in [6, 6.07) is 7.75. The number of hydrogen-bond donors (Lipinski definition) is 2. The minimum Gasteiger partial charge on any atom is -0.486 e. The molecule has 1 aromatic heterocycles. The number of likely N-dealkylation sites (N-methyl/N-ethyl adjacent to an activating group) is 1. The standard InChI is InChI=1S/C26H35N3O7S2/c1-17-14-29(18(2)16-30)26(32)20-6-4-7-21(27-25(31)19-9-11-35-12-10-19)24(20)36-22(17)15-28(3)38(33,34)23-8-5-13-37-23/h4-8,13,17-19,22,30H,9-12,14-16H2,1-3H3,(H,27,31)/t17-,18+,22+/m1/s1. The van der Waals surface area contributed by atoms with Crippen LogP contribution in [0.15, 0.2) is 39.9 Å². The summed E-state index contributed by atoms with van der Waals surface area (Å²) in [6.07, 6.45) is 0.567. The van der Waals surface area contributed by atoms with Crippen LogP contribution in [0.25, 0.3) is 0 Å². The highest BCUT2D eigenvalue weighted by molar-refractivity contribution is 7.91. The van der Waals surface area contributed by atoms with E-state index in [1.807, 2.05) is 6.92 Å². The second-order valence-electron chi connectivity index (χ2n) is 9.90. The molecular formula is C26H35N3O7S2. The molecule has 2 aliphatic heterocycles. The quantitative estimate of drug-likeness (QED) is 0.504. The number of amides is 2. The fourth-order valence-electron chi connectivity index (χ4n) is 4.67. The zero-order valence-electron chi connectivity index (χ0n) is 21.8. The van der Waals surface area contributed by atoms with Crippen LogP contribution in [-0.2, 0) is 19.6 Å². The van der Waals surface area contributed by atoms with Gasteiger partial charge in [-0.25, -0.2) is 8.42 Å². The summed E-state index contributed by atoms with van der Waals surface area (Å²) >= 11 is 1.14. The molecule has 3 heterocycles. The van der Waals surface area contributed by atoms with Gasteiger partial charge in [-0.3, -0.25) is 9.59 Å². The number of ether oxygens (including phenoxy) is 2. The minimum absolute atomic E-state index is 0.0264. The smallest absolute Gasteiger partial charge is 0.258 e. The number of fused-ring (bicyclic) bond motifs is 1. The van der Waals surface area contributed by atoms with Crippen LogP contribution in [0.1, 0.15) is 37.0 Å². The van der Waals surface area contributed by atoms with Crippen LogP contribution in [0.5, 0.6) is 5.75 Å². The summed E-state index contributed by atoms with van der Waals surface area (Å²) in [4.78, 5) is 28.3. The number of thiophene rings is 1. The Morgan fingerprint density at radius 1 is 1.26 bits per heavy atom. The Hall–Kier alpha value is -2.51. The van der Waals surface area contributed by atoms with Gasteiger partial charge in [0.1, 0.15) is 10.3 Å². The maximum absolute atomic E-state index is 13.6. The second kappa shape index (κ2) is 12.1. The molecule has 2 N–H and O–H groups in total. The van der Waals surface area contributed by atoms with Crippen molar-refractivity contribution in [2.75, 3.05) is 45.3 Å². The third-order valence-corrected chi connectivity index (χ3v) is 10.3. The third kappa shape index (κ3) is 6.04. The summed E-state index contributed by atoms with van der Waals surface area (Å²) in [6.45, 7) is 4.72. The van der Waals surface area contributed by atoms with Gasteiger partial charge in [0.25, 0.3) is 15.9 Å². The Morgan fingerprint density at radius 3 is 2.66 bits per heavy atom. The molecule has 12 heteroatoms. The maximum atomic E-state index is 13.6. The van der Waals surface area contributed by atoms with Crippen molar-refractivity contribution in [3.63, 3.8) is 0 Å². The van der Waals surface area contributed by atoms with Gasteiger partial charge in [-0.05, 0) is 43.3 Å². The van der Waals surface area contributed by atoms with Crippen LogP contribution in [-0.4, -0.2) is 86.6 Å². The highest BCUT2D eigenvalue weighted by Crippen LogP contribution is 2.36. The molecule has 38 heavy (non-hydrogen) atoms. The highest BCUT2D eigenvalue weighted by Gasteiger charge is 2.36. The lowest BCUT2D eigenvalue weighted by Gasteiger charge is -2.38. The molecule has 2 amide bonds. The monoisotopic (exact) mass is 565 g/mol. The van der Waals surface area contributed by atoms with Crippen molar-refractivity contribution in [3.8, 4) is 5.75 Å². The number of benzene rings is 1. The first-order valence-electron chi connectivity index (χ1n) is 12.7. The largest absolute Gasteiger partial charge is 0.486 e. The first kappa shape index (κ1) is 28.5. The van der Waals surface area contributed by atoms with Gasteiger partial charge in [0.15, 0.2) is 5.75 Å². The first-order valence-corrected chi connectivity index (χ1v) is 15.1. The molecule has 1 fully saturated rings. The number of nitrogens with one attached hydrogen (secondary N) is 1. The molecule has 0 saturated carbocycles. The van der Waals surface area contributed by atoms with Gasteiger partial charge in [0.2, 0.25) is 5.91 Å². The van der Waals surface area contributed by atoms with Crippen LogP contribution >= 0.6 is 11.3 Å². The van der Waals surface area contributed by atoms with Gasteiger partial charge in [0, 0.05) is 38.6 Å². The third-order valence-electron chi connectivity index (χ3n) is 7.14. The Balaban J connectivity index is 1.69. The molecule has 1 aromatic carbocycles. The molecule has 0 radical (unpaired) electrons. The van der Waals surface area contributed by atoms with Crippen molar-refractivity contribution >= 4 is 38.9 Å². The number of para-hydroxylation sites is 1. The van der Waals surface area contributed by atoms with E-state index in [-0.39, 0.29) is 58.9 Å². The molecule has 208 valence electrons. The van der Waals surface area contributed by atoms with Gasteiger partial charge in [-0.15, -0.1) is 11.3 Å². The number of aliphatic hydroxyl groups is 1. The van der Waals surface area contributed by atoms with Crippen LogP contribution in [0, 0.1) is 11.8 Å². The second-order valence-corrected chi connectivity index (χ2v) is 13.1. The number of aliphatic hydroxyl groups excluding tert-OH is 1. The van der Waals surface area contributed by atoms with Gasteiger partial charge >= 0.3 is 0 Å². The number of carbonyl (C=O) groups is 2. The summed E-state index contributed by atoms with van der Waals surface area (Å²) < 4.78 is 39.6. The summed E-state index contributed by atoms with van der Waals surface area (Å²) in [5, 5.41) is 14.5. The van der Waals surface area contributed by atoms with Gasteiger partial charge in [-0.2, -0.15) is 4.31 Å². The molecule has 10 nitrogen and oxygen atoms in total. The SMILES string of the molecule is C[C@@H]1CN([C@@H](C)CO)C(=O)c2cccc(NC(=O)C3CCOCC3)c2O[C@H]1CN(C)S(=O)(=O)c1cccs1. The lowest BCUT2D eigenvalue weighted by atomic mass is 9.98. The summed E-state index contributed by atoms with van der Waals surface area (Å²) in [7, 11) is -2.23. The molecule has 0 spiro atoms. The zero-order chi connectivity index (χ0) is 27.4. The van der Waals surface area contributed by atoms with Gasteiger partial charge in [0.05, 0.1) is 30.4 Å². The van der Waals surface area contributed by atoms with E-state index in [1.165, 1.54) is 11.4 Å². The lowest BCUT2D eigenvalue weighted by molar-refractivity contribution is -0.122. The van der Waals surface area contributed by atoms with Crippen molar-refractivity contribution in [2.45, 2.75) is 43.0 Å². The fraction of sp³-hybridized carbons (Fsp3) is 0.538. The van der Waals surface area contributed by atoms with Crippen molar-refractivity contribution in [3.05, 3.63) is 41.3 Å². The minimum atomic E-state index is -3.74. The Morgan fingerprint density at radius 2 is 2.00 bits per heavy atom. The van der Waals surface area contributed by atoms with E-state index in [1.54, 1.807) is 47.5 Å². The van der Waals surface area contributed by atoms with E-state index in [0.29, 0.717) is 31.7 Å². The van der Waals surface area contributed by atoms with E-state index in [0.717, 1.165) is 11.3 Å². The van der Waals surface area contributed by atoms with Gasteiger partial charge in [-0.1, -0.05) is 19.1 Å². The normalized spacial score (nSPS) is 21.8. The number of anilines is 1. The Kier molecular flexibility index (Phi) is 9.09. The lowest BCUT2D eigenvalue weighted by Crippen LogP contribution is -2.50. The molecular weight excluding hydrogens is 530 g/mol. The molecule has 0 bridgehead atoms. The molecule has 2 aliphatic rings. The average Bonchev–Trinajstić information content (AvgIpc) is 3.47. The van der Waals surface area contributed by atoms with E-state index in [4.69, 9.17) is 9.47 Å². The van der Waals surface area contributed by atoms with E-state index in [9.17, 15) is 23.1 Å². The molecule has 3 atom stereocenters. The maximum Gasteiger partial charge on any atom is 0.258 e. The van der Waals surface area contributed by atoms with Crippen LogP contribution in [0.3, 0.4) is 0 Å². The van der Waals surface area contributed by atoms with Crippen molar-refractivity contribution < 1.29 is 32.6 Å². The molecule has 0 unspecified atom stereocenters. The topological polar surface area (TPSA) is 125 Å². The molecule has 1 saturated heterocycles. The van der Waals surface area contributed by atoms with E-state index < -0.39 is 22.2 Å². The molecule has 4 rings (SSSR count). The predicted octanol–water partition coefficient (Wildman–Crippen LogP) is 2.65. The van der Waals surface area contributed by atoms with Gasteiger partial charge < -0.3 is 24.8 Å². The zero-order valence-corrected chi connectivity index (χ0v) is 23.5. The van der Waals surface area contributed by atoms with Crippen LogP contribution < -0.4 is 10.1 Å². The van der Waals surface area contributed by atoms with E-state index >= 15 is 0 Å². The summed E-state index contributed by atoms with van der Waals surface area (Å²) in [5.41, 5.74) is 0.600. The average molecular weight is 566 g/mol. The molecule has 0 aliphatic carbocycles. The number of carbonyl (C=O) groups excluding carboxylic acids is 2. The highest BCUT2D eigenvalue weighted by atomic mass is 32.2. The van der Waals surface area contributed by atoms with Crippen LogP contribution in [0.4, 0.5) is 5.69 Å². The Labute approximate surface area is 227 Å². The predicted molar refractivity (Wildman–Crippen MR) is 144 cm³/mol. The first-order chi connectivity index (χ1) is 18.1. The van der Waals surface area contributed by atoms with Crippen molar-refractivity contribution in [1.29, 1.82) is 0 Å². The number of hydrogen-bond acceptors (Lipinski definition) is 8. The number of nitrogens with zero attached hydrogens (tertiary/aromatic N) is 2. The fourth-order valence-corrected chi connectivity index (χ4v) is 7.05. The molecule has 2 aromatic rings. The van der Waals surface area contributed by atoms with Crippen molar-refractivity contribution in [1.82, 2.24) is 9.21 Å². The summed E-state index contributed by atoms with van der Waals surface area (Å²) in [5.74, 6) is -0.810. The Bertz CT molecular complexity index is 1230. The van der Waals surface area contributed by atoms with E-state index in [2.05, 4.69) is 5.32 Å². The number of rotatable bonds is 8. The number of sulfonamides is 1. The van der Waals surface area contributed by atoms with Crippen molar-refractivity contribution in [2.24, 2.45) is 11.8 Å². The van der Waals surface area contributed by atoms with Crippen LogP contribution in [0.2, 0.25) is 0 Å².